The molecule has 1 aromatic carbocycles. The summed E-state index contributed by atoms with van der Waals surface area (Å²) >= 11 is 5.64. The van der Waals surface area contributed by atoms with Gasteiger partial charge in [0.25, 0.3) is 5.56 Å². The van der Waals surface area contributed by atoms with E-state index in [1.165, 1.54) is 35.2 Å². The molecule has 17 heavy (non-hydrogen) atoms. The number of anilines is 1. The molecule has 0 aliphatic carbocycles. The van der Waals surface area contributed by atoms with Crippen molar-refractivity contribution >= 4 is 17.4 Å². The summed E-state index contributed by atoms with van der Waals surface area (Å²) in [5.74, 6) is 4.59. The third-order valence-corrected chi connectivity index (χ3v) is 2.45. The summed E-state index contributed by atoms with van der Waals surface area (Å²) in [5.41, 5.74) is 2.16. The lowest BCUT2D eigenvalue weighted by Gasteiger charge is -2.07. The zero-order valence-electron chi connectivity index (χ0n) is 8.52. The molecule has 0 aliphatic rings. The molecule has 0 fully saturated rings. The highest BCUT2D eigenvalue weighted by Crippen LogP contribution is 2.17. The number of aromatic nitrogens is 2. The van der Waals surface area contributed by atoms with Gasteiger partial charge in [0, 0.05) is 12.4 Å². The number of hydrogen-bond donors (Lipinski definition) is 2. The van der Waals surface area contributed by atoms with E-state index in [4.69, 9.17) is 17.4 Å². The van der Waals surface area contributed by atoms with Crippen molar-refractivity contribution in [1.29, 1.82) is 0 Å². The number of nitrogens with zero attached hydrogens (tertiary/aromatic N) is 2. The number of hydrogen-bond acceptors (Lipinski definition) is 4. The van der Waals surface area contributed by atoms with Gasteiger partial charge >= 0.3 is 0 Å². The molecule has 0 spiro atoms. The third kappa shape index (κ3) is 2.13. The molecule has 88 valence electrons. The van der Waals surface area contributed by atoms with Gasteiger partial charge in [-0.2, -0.15) is 0 Å². The highest BCUT2D eigenvalue weighted by molar-refractivity contribution is 6.30. The van der Waals surface area contributed by atoms with Crippen LogP contribution in [0.25, 0.3) is 5.69 Å². The van der Waals surface area contributed by atoms with E-state index in [1.807, 2.05) is 0 Å². The number of rotatable bonds is 2. The second-order valence-corrected chi connectivity index (χ2v) is 3.60. The summed E-state index contributed by atoms with van der Waals surface area (Å²) in [6, 6.07) is 3.96. The van der Waals surface area contributed by atoms with Crippen molar-refractivity contribution in [3.8, 4) is 5.69 Å². The molecule has 5 nitrogen and oxygen atoms in total. The van der Waals surface area contributed by atoms with Crippen molar-refractivity contribution in [3.05, 3.63) is 51.8 Å². The predicted molar refractivity (Wildman–Crippen MR) is 62.6 cm³/mol. The molecule has 0 saturated heterocycles. The zero-order valence-corrected chi connectivity index (χ0v) is 9.28. The van der Waals surface area contributed by atoms with Crippen LogP contribution in [0.4, 0.5) is 10.2 Å². The number of nitrogens with one attached hydrogen (secondary N) is 1. The summed E-state index contributed by atoms with van der Waals surface area (Å²) in [7, 11) is 0. The zero-order chi connectivity index (χ0) is 12.4. The molecule has 0 atom stereocenters. The Morgan fingerprint density at radius 2 is 2.24 bits per heavy atom. The molecule has 0 amide bonds. The van der Waals surface area contributed by atoms with Gasteiger partial charge < -0.3 is 5.43 Å². The highest BCUT2D eigenvalue weighted by Gasteiger charge is 2.07. The van der Waals surface area contributed by atoms with E-state index < -0.39 is 11.4 Å². The number of benzene rings is 1. The summed E-state index contributed by atoms with van der Waals surface area (Å²) in [6.45, 7) is 0. The van der Waals surface area contributed by atoms with E-state index in [2.05, 4.69) is 10.4 Å². The summed E-state index contributed by atoms with van der Waals surface area (Å²) < 4.78 is 14.3. The fourth-order valence-electron chi connectivity index (χ4n) is 1.35. The summed E-state index contributed by atoms with van der Waals surface area (Å²) in [4.78, 5) is 15.6. The molecule has 0 radical (unpaired) electrons. The maximum Gasteiger partial charge on any atom is 0.299 e. The monoisotopic (exact) mass is 254 g/mol. The highest BCUT2D eigenvalue weighted by atomic mass is 35.5. The van der Waals surface area contributed by atoms with Crippen LogP contribution in [0.1, 0.15) is 0 Å². The second kappa shape index (κ2) is 4.52. The van der Waals surface area contributed by atoms with Crippen LogP contribution in [0.2, 0.25) is 5.02 Å². The first-order chi connectivity index (χ1) is 8.13. The van der Waals surface area contributed by atoms with Gasteiger partial charge in [0.05, 0.1) is 10.7 Å². The van der Waals surface area contributed by atoms with E-state index in [0.29, 0.717) is 5.69 Å². The van der Waals surface area contributed by atoms with Crippen molar-refractivity contribution in [2.75, 3.05) is 5.43 Å². The van der Waals surface area contributed by atoms with Crippen molar-refractivity contribution in [2.24, 2.45) is 5.84 Å². The lowest BCUT2D eigenvalue weighted by Crippen LogP contribution is -2.25. The van der Waals surface area contributed by atoms with Crippen LogP contribution < -0.4 is 16.8 Å². The van der Waals surface area contributed by atoms with E-state index in [0.717, 1.165) is 0 Å². The summed E-state index contributed by atoms with van der Waals surface area (Å²) in [5, 5.41) is -0.0616. The van der Waals surface area contributed by atoms with Crippen molar-refractivity contribution in [1.82, 2.24) is 9.55 Å². The standard InChI is InChI=1S/C10H8ClFN4O/c11-7-5-6(1-2-8(7)12)16-4-3-14-9(15-13)10(16)17/h1-5H,13H2,(H,14,15). The first-order valence-corrected chi connectivity index (χ1v) is 5.01. The van der Waals surface area contributed by atoms with E-state index in [1.54, 1.807) is 0 Å². The Morgan fingerprint density at radius 1 is 1.47 bits per heavy atom. The molecule has 2 aromatic rings. The molecule has 0 aliphatic heterocycles. The molecule has 0 bridgehead atoms. The number of hydrazine groups is 1. The molecular weight excluding hydrogens is 247 g/mol. The molecule has 3 N–H and O–H groups in total. The average molecular weight is 255 g/mol. The molecule has 1 aromatic heterocycles. The van der Waals surface area contributed by atoms with Gasteiger partial charge in [-0.25, -0.2) is 15.2 Å². The van der Waals surface area contributed by atoms with Crippen LogP contribution in [0.5, 0.6) is 0 Å². The maximum absolute atomic E-state index is 13.0. The lowest BCUT2D eigenvalue weighted by molar-refractivity contribution is 0.627. The van der Waals surface area contributed by atoms with Crippen LogP contribution >= 0.6 is 11.6 Å². The van der Waals surface area contributed by atoms with Crippen LogP contribution in [0, 0.1) is 5.82 Å². The van der Waals surface area contributed by atoms with Crippen LogP contribution in [-0.4, -0.2) is 9.55 Å². The maximum atomic E-state index is 13.0. The molecule has 0 saturated carbocycles. The van der Waals surface area contributed by atoms with Gasteiger partial charge in [-0.05, 0) is 18.2 Å². The van der Waals surface area contributed by atoms with Crippen LogP contribution in [0.3, 0.4) is 0 Å². The number of nitrogens with two attached hydrogens (primary N) is 1. The third-order valence-electron chi connectivity index (χ3n) is 2.16. The van der Waals surface area contributed by atoms with Gasteiger partial charge in [-0.3, -0.25) is 9.36 Å². The largest absolute Gasteiger partial charge is 0.304 e. The molecule has 0 unspecified atom stereocenters. The topological polar surface area (TPSA) is 72.9 Å². The van der Waals surface area contributed by atoms with Crippen molar-refractivity contribution in [3.63, 3.8) is 0 Å². The Bertz CT molecular complexity index is 613. The molecular formula is C10H8ClFN4O. The van der Waals surface area contributed by atoms with Gasteiger partial charge in [-0.1, -0.05) is 11.6 Å². The fraction of sp³-hybridized carbons (Fsp3) is 0. The SMILES string of the molecule is NNc1nccn(-c2ccc(F)c(Cl)c2)c1=O. The first kappa shape index (κ1) is 11.6. The van der Waals surface area contributed by atoms with Gasteiger partial charge in [-0.15, -0.1) is 0 Å². The lowest BCUT2D eigenvalue weighted by atomic mass is 10.3. The Kier molecular flexibility index (Phi) is 3.08. The van der Waals surface area contributed by atoms with E-state index in [-0.39, 0.29) is 10.8 Å². The minimum absolute atomic E-state index is 0.00653. The first-order valence-electron chi connectivity index (χ1n) is 4.63. The van der Waals surface area contributed by atoms with Crippen LogP contribution in [0.15, 0.2) is 35.4 Å². The molecule has 1 heterocycles. The Labute approximate surface area is 101 Å². The normalized spacial score (nSPS) is 10.3. The van der Waals surface area contributed by atoms with E-state index >= 15 is 0 Å². The fourth-order valence-corrected chi connectivity index (χ4v) is 1.52. The minimum atomic E-state index is -0.547. The second-order valence-electron chi connectivity index (χ2n) is 3.19. The Hall–Kier alpha value is -1.92. The number of halogens is 2. The average Bonchev–Trinajstić information content (AvgIpc) is 2.33. The molecule has 2 rings (SSSR count). The Morgan fingerprint density at radius 3 is 2.88 bits per heavy atom. The molecule has 7 heteroatoms. The smallest absolute Gasteiger partial charge is 0.299 e. The number of nitrogen functional groups attached to an aromatic ring is 1. The summed E-state index contributed by atoms with van der Waals surface area (Å²) in [6.07, 6.45) is 2.83. The van der Waals surface area contributed by atoms with Crippen molar-refractivity contribution < 1.29 is 4.39 Å². The van der Waals surface area contributed by atoms with E-state index in [9.17, 15) is 9.18 Å². The van der Waals surface area contributed by atoms with Gasteiger partial charge in [0.15, 0.2) is 0 Å². The quantitative estimate of drug-likeness (QED) is 0.626. The Balaban J connectivity index is 2.61. The van der Waals surface area contributed by atoms with Gasteiger partial charge in [0.1, 0.15) is 5.82 Å². The predicted octanol–water partition coefficient (Wildman–Crippen LogP) is 1.31. The van der Waals surface area contributed by atoms with Gasteiger partial charge in [0.2, 0.25) is 5.82 Å². The van der Waals surface area contributed by atoms with Crippen molar-refractivity contribution in [2.45, 2.75) is 0 Å². The minimum Gasteiger partial charge on any atom is -0.304 e. The van der Waals surface area contributed by atoms with Crippen LogP contribution in [-0.2, 0) is 0 Å².